The van der Waals surface area contributed by atoms with Crippen LogP contribution in [0.3, 0.4) is 0 Å². The Balaban J connectivity index is 1.59. The van der Waals surface area contributed by atoms with Crippen LogP contribution in [-0.2, 0) is 6.42 Å². The van der Waals surface area contributed by atoms with Crippen molar-refractivity contribution in [2.75, 3.05) is 13.6 Å². The Morgan fingerprint density at radius 3 is 2.55 bits per heavy atom. The number of fused-ring (bicyclic) bond motifs is 2. The minimum atomic E-state index is 0.812. The van der Waals surface area contributed by atoms with E-state index in [0.29, 0.717) is 0 Å². The third kappa shape index (κ3) is 3.25. The van der Waals surface area contributed by atoms with Gasteiger partial charge < -0.3 is 5.32 Å². The first-order valence-corrected chi connectivity index (χ1v) is 8.44. The second kappa shape index (κ2) is 6.30. The van der Waals surface area contributed by atoms with Crippen molar-refractivity contribution in [1.82, 2.24) is 5.32 Å². The fourth-order valence-electron chi connectivity index (χ4n) is 4.68. The molecule has 0 saturated heterocycles. The van der Waals surface area contributed by atoms with Crippen LogP contribution in [0.2, 0.25) is 0 Å². The van der Waals surface area contributed by atoms with Crippen LogP contribution in [0.15, 0.2) is 24.3 Å². The van der Waals surface area contributed by atoms with E-state index in [1.165, 1.54) is 49.8 Å². The second-order valence-electron chi connectivity index (χ2n) is 7.28. The van der Waals surface area contributed by atoms with E-state index in [-0.39, 0.29) is 0 Å². The van der Waals surface area contributed by atoms with Gasteiger partial charge in [0.25, 0.3) is 0 Å². The zero-order valence-corrected chi connectivity index (χ0v) is 13.1. The topological polar surface area (TPSA) is 12.0 Å². The summed E-state index contributed by atoms with van der Waals surface area (Å²) in [6.45, 7) is 3.34. The first kappa shape index (κ1) is 14.1. The third-order valence-electron chi connectivity index (χ3n) is 5.66. The summed E-state index contributed by atoms with van der Waals surface area (Å²) in [6, 6.07) is 9.14. The minimum absolute atomic E-state index is 0.812. The lowest BCUT2D eigenvalue weighted by molar-refractivity contribution is 0.263. The molecule has 4 unspecified atom stereocenters. The number of hydrogen-bond donors (Lipinski definition) is 1. The summed E-state index contributed by atoms with van der Waals surface area (Å²) >= 11 is 0. The van der Waals surface area contributed by atoms with Crippen LogP contribution >= 0.6 is 0 Å². The summed E-state index contributed by atoms with van der Waals surface area (Å²) in [5.41, 5.74) is 2.88. The van der Waals surface area contributed by atoms with E-state index >= 15 is 0 Å². The predicted molar refractivity (Wildman–Crippen MR) is 85.9 cm³/mol. The molecule has 110 valence electrons. The van der Waals surface area contributed by atoms with Crippen molar-refractivity contribution in [3.8, 4) is 0 Å². The number of hydrogen-bond acceptors (Lipinski definition) is 1. The molecule has 2 fully saturated rings. The molecule has 20 heavy (non-hydrogen) atoms. The molecule has 0 aromatic heterocycles. The molecule has 0 aliphatic heterocycles. The standard InChI is InChI=1S/C19H29N/c1-14-3-5-15(6-4-14)9-17(13-20-2)12-19-11-16-7-8-18(19)10-16/h3-6,16-20H,7-13H2,1-2H3. The largest absolute Gasteiger partial charge is 0.319 e. The van der Waals surface area contributed by atoms with Crippen LogP contribution in [0.5, 0.6) is 0 Å². The molecular weight excluding hydrogens is 242 g/mol. The Kier molecular flexibility index (Phi) is 4.45. The van der Waals surface area contributed by atoms with Gasteiger partial charge >= 0.3 is 0 Å². The first-order valence-electron chi connectivity index (χ1n) is 8.44. The summed E-state index contributed by atoms with van der Waals surface area (Å²) in [6.07, 6.45) is 8.80. The zero-order chi connectivity index (χ0) is 13.9. The van der Waals surface area contributed by atoms with Crippen molar-refractivity contribution in [3.63, 3.8) is 0 Å². The highest BCUT2D eigenvalue weighted by molar-refractivity contribution is 5.21. The Bertz CT molecular complexity index is 422. The van der Waals surface area contributed by atoms with Crippen LogP contribution in [0.25, 0.3) is 0 Å². The fraction of sp³-hybridized carbons (Fsp3) is 0.684. The van der Waals surface area contributed by atoms with Crippen molar-refractivity contribution in [2.45, 2.75) is 45.4 Å². The molecule has 0 spiro atoms. The lowest BCUT2D eigenvalue weighted by atomic mass is 9.80. The van der Waals surface area contributed by atoms with Gasteiger partial charge in [-0.25, -0.2) is 0 Å². The quantitative estimate of drug-likeness (QED) is 0.817. The van der Waals surface area contributed by atoms with E-state index in [1.807, 2.05) is 0 Å². The third-order valence-corrected chi connectivity index (χ3v) is 5.66. The van der Waals surface area contributed by atoms with Gasteiger partial charge in [-0.05, 0) is 81.9 Å². The second-order valence-corrected chi connectivity index (χ2v) is 7.28. The lowest BCUT2D eigenvalue weighted by Crippen LogP contribution is -2.25. The molecule has 3 rings (SSSR count). The smallest absolute Gasteiger partial charge is 0.00202 e. The van der Waals surface area contributed by atoms with Crippen LogP contribution in [0.4, 0.5) is 0 Å². The molecule has 1 nitrogen and oxygen atoms in total. The van der Waals surface area contributed by atoms with Gasteiger partial charge in [-0.3, -0.25) is 0 Å². The molecule has 1 aromatic carbocycles. The molecule has 1 aromatic rings. The molecule has 2 bridgehead atoms. The van der Waals surface area contributed by atoms with Crippen molar-refractivity contribution in [2.24, 2.45) is 23.7 Å². The van der Waals surface area contributed by atoms with Crippen LogP contribution in [0, 0.1) is 30.6 Å². The highest BCUT2D eigenvalue weighted by atomic mass is 14.8. The van der Waals surface area contributed by atoms with E-state index in [9.17, 15) is 0 Å². The van der Waals surface area contributed by atoms with Gasteiger partial charge in [-0.2, -0.15) is 0 Å². The van der Waals surface area contributed by atoms with Gasteiger partial charge in [0.15, 0.2) is 0 Å². The molecule has 0 heterocycles. The maximum absolute atomic E-state index is 3.42. The van der Waals surface area contributed by atoms with E-state index in [0.717, 1.165) is 23.7 Å². The normalized spacial score (nSPS) is 29.8. The Morgan fingerprint density at radius 1 is 1.15 bits per heavy atom. The van der Waals surface area contributed by atoms with Gasteiger partial charge in [0.05, 0.1) is 0 Å². The molecule has 0 radical (unpaired) electrons. The summed E-state index contributed by atoms with van der Waals surface area (Å²) in [5, 5.41) is 3.42. The number of aryl methyl sites for hydroxylation is 1. The molecular formula is C19H29N. The average Bonchev–Trinajstić information content (AvgIpc) is 3.04. The van der Waals surface area contributed by atoms with Crippen molar-refractivity contribution >= 4 is 0 Å². The molecule has 1 heteroatoms. The van der Waals surface area contributed by atoms with E-state index in [4.69, 9.17) is 0 Å². The number of benzene rings is 1. The van der Waals surface area contributed by atoms with Gasteiger partial charge in [-0.1, -0.05) is 36.2 Å². The summed E-state index contributed by atoms with van der Waals surface area (Å²) in [5.74, 6) is 3.99. The fourth-order valence-corrected chi connectivity index (χ4v) is 4.68. The van der Waals surface area contributed by atoms with E-state index in [2.05, 4.69) is 43.6 Å². The van der Waals surface area contributed by atoms with E-state index < -0.39 is 0 Å². The number of nitrogens with one attached hydrogen (secondary N) is 1. The van der Waals surface area contributed by atoms with Crippen molar-refractivity contribution in [3.05, 3.63) is 35.4 Å². The van der Waals surface area contributed by atoms with Gasteiger partial charge in [0.1, 0.15) is 0 Å². The number of rotatable bonds is 6. The van der Waals surface area contributed by atoms with Crippen LogP contribution < -0.4 is 5.32 Å². The zero-order valence-electron chi connectivity index (χ0n) is 13.1. The maximum Gasteiger partial charge on any atom is -0.00202 e. The highest BCUT2D eigenvalue weighted by Crippen LogP contribution is 2.50. The maximum atomic E-state index is 3.42. The monoisotopic (exact) mass is 271 g/mol. The Hall–Kier alpha value is -0.820. The van der Waals surface area contributed by atoms with Gasteiger partial charge in [0.2, 0.25) is 0 Å². The lowest BCUT2D eigenvalue weighted by Gasteiger charge is -2.27. The minimum Gasteiger partial charge on any atom is -0.319 e. The SMILES string of the molecule is CNCC(Cc1ccc(C)cc1)CC1CC2CCC1C2. The molecule has 2 saturated carbocycles. The van der Waals surface area contributed by atoms with E-state index in [1.54, 1.807) is 6.42 Å². The summed E-state index contributed by atoms with van der Waals surface area (Å²) in [4.78, 5) is 0. The summed E-state index contributed by atoms with van der Waals surface area (Å²) in [7, 11) is 2.10. The molecule has 4 atom stereocenters. The molecule has 2 aliphatic rings. The van der Waals surface area contributed by atoms with Gasteiger partial charge in [-0.15, -0.1) is 0 Å². The van der Waals surface area contributed by atoms with Crippen LogP contribution in [0.1, 0.15) is 43.2 Å². The predicted octanol–water partition coefficient (Wildman–Crippen LogP) is 4.20. The molecule has 0 amide bonds. The summed E-state index contributed by atoms with van der Waals surface area (Å²) < 4.78 is 0. The average molecular weight is 271 g/mol. The molecule has 1 N–H and O–H groups in total. The highest BCUT2D eigenvalue weighted by Gasteiger charge is 2.39. The Morgan fingerprint density at radius 2 is 1.95 bits per heavy atom. The Labute approximate surface area is 124 Å². The first-order chi connectivity index (χ1) is 9.74. The van der Waals surface area contributed by atoms with Crippen LogP contribution in [-0.4, -0.2) is 13.6 Å². The van der Waals surface area contributed by atoms with Gasteiger partial charge in [0, 0.05) is 0 Å². The molecule has 2 aliphatic carbocycles. The van der Waals surface area contributed by atoms with Crippen molar-refractivity contribution in [1.29, 1.82) is 0 Å². The van der Waals surface area contributed by atoms with Crippen molar-refractivity contribution < 1.29 is 0 Å².